The van der Waals surface area contributed by atoms with Crippen LogP contribution >= 0.6 is 11.6 Å². The van der Waals surface area contributed by atoms with Gasteiger partial charge in [0, 0.05) is 6.54 Å². The van der Waals surface area contributed by atoms with Gasteiger partial charge in [0.25, 0.3) is 0 Å². The number of aryl methyl sites for hydroxylation is 1. The molecular weight excluding hydrogens is 399 g/mol. The molecule has 150 valence electrons. The second kappa shape index (κ2) is 7.71. The van der Waals surface area contributed by atoms with Gasteiger partial charge < -0.3 is 10.6 Å². The average molecular weight is 416 g/mol. The van der Waals surface area contributed by atoms with Crippen LogP contribution in [0.5, 0.6) is 0 Å². The molecule has 0 saturated carbocycles. The van der Waals surface area contributed by atoms with Crippen LogP contribution < -0.4 is 10.6 Å². The Hall–Kier alpha value is -2.74. The maximum absolute atomic E-state index is 12.3. The first kappa shape index (κ1) is 20.0. The minimum Gasteiger partial charge on any atom is -0.357 e. The second-order valence-electron chi connectivity index (χ2n) is 6.39. The summed E-state index contributed by atoms with van der Waals surface area (Å²) in [6, 6.07) is 0.878. The van der Waals surface area contributed by atoms with Gasteiger partial charge in [-0.25, -0.2) is 0 Å². The third kappa shape index (κ3) is 4.06. The lowest BCUT2D eigenvalue weighted by Crippen LogP contribution is -2.42. The SMILES string of the molecule is CC(Nc1c(C#N)cnn1-c1nn2c(c1Cl)CCCC2)C(=O)NCC(F)(F)F. The third-order valence-corrected chi connectivity index (χ3v) is 4.70. The summed E-state index contributed by atoms with van der Waals surface area (Å²) in [4.78, 5) is 12.0. The molecule has 0 spiro atoms. The Morgan fingerprint density at radius 2 is 2.21 bits per heavy atom. The van der Waals surface area contributed by atoms with Crippen LogP contribution in [0.25, 0.3) is 5.82 Å². The number of rotatable bonds is 5. The summed E-state index contributed by atoms with van der Waals surface area (Å²) >= 11 is 6.44. The molecular formula is C16H17ClF3N7O. The fraction of sp³-hybridized carbons (Fsp3) is 0.500. The first-order valence-corrected chi connectivity index (χ1v) is 8.93. The Morgan fingerprint density at radius 1 is 1.46 bits per heavy atom. The molecule has 1 unspecified atom stereocenters. The molecule has 0 bridgehead atoms. The van der Waals surface area contributed by atoms with E-state index in [0.717, 1.165) is 25.0 Å². The van der Waals surface area contributed by atoms with E-state index in [-0.39, 0.29) is 11.4 Å². The van der Waals surface area contributed by atoms with Crippen molar-refractivity contribution in [2.75, 3.05) is 11.9 Å². The largest absolute Gasteiger partial charge is 0.405 e. The summed E-state index contributed by atoms with van der Waals surface area (Å²) in [5.41, 5.74) is 0.969. The molecule has 1 amide bonds. The Morgan fingerprint density at radius 3 is 2.86 bits per heavy atom. The maximum Gasteiger partial charge on any atom is 0.405 e. The van der Waals surface area contributed by atoms with Crippen molar-refractivity contribution in [2.45, 2.75) is 44.9 Å². The summed E-state index contributed by atoms with van der Waals surface area (Å²) in [6.07, 6.45) is -0.532. The van der Waals surface area contributed by atoms with Crippen molar-refractivity contribution in [3.63, 3.8) is 0 Å². The lowest BCUT2D eigenvalue weighted by atomic mass is 10.1. The molecule has 0 saturated heterocycles. The molecule has 0 aromatic carbocycles. The first-order valence-electron chi connectivity index (χ1n) is 8.56. The molecule has 0 fully saturated rings. The highest BCUT2D eigenvalue weighted by Gasteiger charge is 2.29. The molecule has 28 heavy (non-hydrogen) atoms. The van der Waals surface area contributed by atoms with E-state index in [0.29, 0.717) is 17.4 Å². The molecule has 0 aliphatic carbocycles. The summed E-state index contributed by atoms with van der Waals surface area (Å²) in [5.74, 6) is -0.441. The van der Waals surface area contributed by atoms with E-state index in [9.17, 15) is 23.2 Å². The van der Waals surface area contributed by atoms with E-state index in [1.165, 1.54) is 17.8 Å². The topological polar surface area (TPSA) is 101 Å². The van der Waals surface area contributed by atoms with Crippen LogP contribution in [0, 0.1) is 11.3 Å². The number of hydrogen-bond acceptors (Lipinski definition) is 5. The van der Waals surface area contributed by atoms with Gasteiger partial charge in [-0.2, -0.15) is 33.3 Å². The highest BCUT2D eigenvalue weighted by atomic mass is 35.5. The summed E-state index contributed by atoms with van der Waals surface area (Å²) in [7, 11) is 0. The number of nitriles is 1. The Kier molecular flexibility index (Phi) is 5.51. The lowest BCUT2D eigenvalue weighted by molar-refractivity contribution is -0.138. The zero-order valence-corrected chi connectivity index (χ0v) is 15.6. The Balaban J connectivity index is 1.87. The zero-order chi connectivity index (χ0) is 20.5. The molecule has 1 aliphatic rings. The van der Waals surface area contributed by atoms with E-state index in [2.05, 4.69) is 15.5 Å². The summed E-state index contributed by atoms with van der Waals surface area (Å²) in [5, 5.41) is 22.8. The highest BCUT2D eigenvalue weighted by Crippen LogP contribution is 2.31. The molecule has 2 aromatic heterocycles. The minimum absolute atomic E-state index is 0.109. The summed E-state index contributed by atoms with van der Waals surface area (Å²) < 4.78 is 40.0. The highest BCUT2D eigenvalue weighted by molar-refractivity contribution is 6.33. The Labute approximate surface area is 163 Å². The number of aromatic nitrogens is 4. The van der Waals surface area contributed by atoms with Crippen molar-refractivity contribution < 1.29 is 18.0 Å². The number of carbonyl (C=O) groups excluding carboxylic acids is 1. The second-order valence-corrected chi connectivity index (χ2v) is 6.77. The standard InChI is InChI=1S/C16H17ClF3N7O/c1-9(15(28)22-8-16(18,19)20)24-13-10(6-21)7-23-27(13)14-12(17)11-4-2-3-5-26(11)25-14/h7,9,24H,2-5,8H2,1H3,(H,22,28). The van der Waals surface area contributed by atoms with Crippen LogP contribution in [0.4, 0.5) is 19.0 Å². The van der Waals surface area contributed by atoms with E-state index < -0.39 is 24.7 Å². The van der Waals surface area contributed by atoms with Gasteiger partial charge in [-0.3, -0.25) is 9.48 Å². The number of carbonyl (C=O) groups is 1. The molecule has 1 atom stereocenters. The van der Waals surface area contributed by atoms with E-state index >= 15 is 0 Å². The number of alkyl halides is 3. The van der Waals surface area contributed by atoms with Crippen molar-refractivity contribution in [3.05, 3.63) is 22.5 Å². The van der Waals surface area contributed by atoms with Gasteiger partial charge in [0.05, 0.1) is 11.9 Å². The Bertz CT molecular complexity index is 928. The predicted molar refractivity (Wildman–Crippen MR) is 94.2 cm³/mol. The molecule has 2 N–H and O–H groups in total. The van der Waals surface area contributed by atoms with Crippen LogP contribution in [0.15, 0.2) is 6.20 Å². The maximum atomic E-state index is 12.3. The van der Waals surface area contributed by atoms with E-state index in [1.807, 2.05) is 6.07 Å². The number of nitrogens with one attached hydrogen (secondary N) is 2. The lowest BCUT2D eigenvalue weighted by Gasteiger charge is -2.17. The van der Waals surface area contributed by atoms with Crippen molar-refractivity contribution >= 4 is 23.3 Å². The van der Waals surface area contributed by atoms with Gasteiger partial charge in [-0.1, -0.05) is 11.6 Å². The minimum atomic E-state index is -4.52. The molecule has 8 nitrogen and oxygen atoms in total. The van der Waals surface area contributed by atoms with Crippen LogP contribution in [0.1, 0.15) is 31.0 Å². The molecule has 3 rings (SSSR count). The van der Waals surface area contributed by atoms with Gasteiger partial charge in [0.15, 0.2) is 5.82 Å². The van der Waals surface area contributed by atoms with E-state index in [1.54, 1.807) is 10.00 Å². The van der Waals surface area contributed by atoms with Crippen LogP contribution in [-0.4, -0.2) is 44.2 Å². The van der Waals surface area contributed by atoms with Crippen molar-refractivity contribution in [1.82, 2.24) is 24.9 Å². The van der Waals surface area contributed by atoms with Gasteiger partial charge in [0.1, 0.15) is 35.1 Å². The number of fused-ring (bicyclic) bond motifs is 1. The van der Waals surface area contributed by atoms with Crippen molar-refractivity contribution in [3.8, 4) is 11.9 Å². The number of halogens is 4. The predicted octanol–water partition coefficient (Wildman–Crippen LogP) is 2.41. The van der Waals surface area contributed by atoms with Crippen LogP contribution in [0.2, 0.25) is 5.02 Å². The van der Waals surface area contributed by atoms with Gasteiger partial charge in [0.2, 0.25) is 5.91 Å². The fourth-order valence-corrected chi connectivity index (χ4v) is 3.22. The third-order valence-electron chi connectivity index (χ3n) is 4.31. The number of amides is 1. The number of nitrogens with zero attached hydrogens (tertiary/aromatic N) is 5. The first-order chi connectivity index (χ1) is 13.2. The molecule has 2 aromatic rings. The monoisotopic (exact) mass is 415 g/mol. The summed E-state index contributed by atoms with van der Waals surface area (Å²) in [6.45, 7) is 0.645. The van der Waals surface area contributed by atoms with Crippen LogP contribution in [-0.2, 0) is 17.8 Å². The normalized spacial score (nSPS) is 14.9. The van der Waals surface area contributed by atoms with Crippen molar-refractivity contribution in [2.24, 2.45) is 0 Å². The molecule has 12 heteroatoms. The zero-order valence-electron chi connectivity index (χ0n) is 14.8. The van der Waals surface area contributed by atoms with Gasteiger partial charge in [-0.15, -0.1) is 0 Å². The average Bonchev–Trinajstić information content (AvgIpc) is 3.20. The molecule has 0 radical (unpaired) electrons. The van der Waals surface area contributed by atoms with Crippen molar-refractivity contribution in [1.29, 1.82) is 5.26 Å². The fourth-order valence-electron chi connectivity index (χ4n) is 2.91. The number of anilines is 1. The number of hydrogen-bond donors (Lipinski definition) is 2. The van der Waals surface area contributed by atoms with E-state index in [4.69, 9.17) is 11.6 Å². The van der Waals surface area contributed by atoms with Gasteiger partial charge >= 0.3 is 6.18 Å². The van der Waals surface area contributed by atoms with Gasteiger partial charge in [-0.05, 0) is 26.2 Å². The van der Waals surface area contributed by atoms with Crippen LogP contribution in [0.3, 0.4) is 0 Å². The smallest absolute Gasteiger partial charge is 0.357 e. The molecule has 1 aliphatic heterocycles. The quantitative estimate of drug-likeness (QED) is 0.781. The molecule has 3 heterocycles.